The summed E-state index contributed by atoms with van der Waals surface area (Å²) in [5.74, 6) is 0. The van der Waals surface area contributed by atoms with Crippen molar-refractivity contribution in [2.45, 2.75) is 18.3 Å². The maximum Gasteiger partial charge on any atom is 0.195 e. The Morgan fingerprint density at radius 1 is 1.40 bits per heavy atom. The van der Waals surface area contributed by atoms with Gasteiger partial charge in [-0.05, 0) is 25.0 Å². The molecule has 0 saturated heterocycles. The van der Waals surface area contributed by atoms with Crippen LogP contribution in [0.1, 0.15) is 16.7 Å². The van der Waals surface area contributed by atoms with Crippen LogP contribution in [0.4, 0.5) is 0 Å². The summed E-state index contributed by atoms with van der Waals surface area (Å²) < 4.78 is -1.05. The topological polar surface area (TPSA) is 12.0 Å². The molecule has 1 aromatic carbocycles. The zero-order valence-corrected chi connectivity index (χ0v) is 10.5. The molecule has 0 radical (unpaired) electrons. The molecule has 82 valence electrons. The van der Waals surface area contributed by atoms with E-state index >= 15 is 0 Å². The van der Waals surface area contributed by atoms with Crippen LogP contribution in [-0.4, -0.2) is 6.54 Å². The molecular formula is C12H15Cl2N. The number of hydrogen-bond acceptors (Lipinski definition) is 1. The van der Waals surface area contributed by atoms with Gasteiger partial charge in [0.05, 0.1) is 0 Å². The first-order valence-electron chi connectivity index (χ1n) is 4.79. The van der Waals surface area contributed by atoms with E-state index in [0.29, 0.717) is 6.54 Å². The van der Waals surface area contributed by atoms with Gasteiger partial charge in [0.15, 0.2) is 4.46 Å². The Balaban J connectivity index is 3.03. The predicted molar refractivity (Wildman–Crippen MR) is 67.5 cm³/mol. The van der Waals surface area contributed by atoms with E-state index in [2.05, 4.69) is 11.9 Å². The molecule has 15 heavy (non-hydrogen) atoms. The van der Waals surface area contributed by atoms with E-state index in [-0.39, 0.29) is 0 Å². The highest BCUT2D eigenvalue weighted by atomic mass is 35.5. The Hall–Kier alpha value is -0.500. The van der Waals surface area contributed by atoms with Crippen molar-refractivity contribution in [1.82, 2.24) is 5.32 Å². The third kappa shape index (κ3) is 2.97. The summed E-state index contributed by atoms with van der Waals surface area (Å²) >= 11 is 12.4. The molecule has 0 unspecified atom stereocenters. The van der Waals surface area contributed by atoms with Gasteiger partial charge in [-0.2, -0.15) is 0 Å². The van der Waals surface area contributed by atoms with Gasteiger partial charge in [-0.25, -0.2) is 0 Å². The first kappa shape index (κ1) is 12.6. The maximum absolute atomic E-state index is 6.22. The van der Waals surface area contributed by atoms with Crippen LogP contribution in [0.5, 0.6) is 0 Å². The summed E-state index contributed by atoms with van der Waals surface area (Å²) in [6.45, 7) is 8.24. The van der Waals surface area contributed by atoms with Crippen LogP contribution >= 0.6 is 23.2 Å². The number of nitrogens with one attached hydrogen (secondary N) is 1. The lowest BCUT2D eigenvalue weighted by atomic mass is 10.0. The van der Waals surface area contributed by atoms with Crippen molar-refractivity contribution < 1.29 is 0 Å². The zero-order valence-electron chi connectivity index (χ0n) is 8.98. The highest BCUT2D eigenvalue weighted by Gasteiger charge is 2.27. The average molecular weight is 244 g/mol. The third-order valence-electron chi connectivity index (χ3n) is 2.41. The van der Waals surface area contributed by atoms with Gasteiger partial charge in [-0.3, -0.25) is 5.32 Å². The van der Waals surface area contributed by atoms with Crippen molar-refractivity contribution in [2.24, 2.45) is 0 Å². The van der Waals surface area contributed by atoms with Gasteiger partial charge in [0, 0.05) is 12.1 Å². The number of aryl methyl sites for hydroxylation is 1. The van der Waals surface area contributed by atoms with E-state index in [0.717, 1.165) is 11.1 Å². The predicted octanol–water partition coefficient (Wildman–Crippen LogP) is 3.67. The minimum absolute atomic E-state index is 0.570. The fourth-order valence-electron chi connectivity index (χ4n) is 1.39. The Kier molecular flexibility index (Phi) is 4.21. The van der Waals surface area contributed by atoms with Crippen LogP contribution in [0.25, 0.3) is 0 Å². The standard InChI is InChI=1S/C12H15Cl2N/c1-4-8-15-12(13,14)11-7-5-6-9(2)10(11)3/h4-7,15H,1,8H2,2-3H3. The summed E-state index contributed by atoms with van der Waals surface area (Å²) in [6.07, 6.45) is 1.73. The molecule has 0 aliphatic heterocycles. The van der Waals surface area contributed by atoms with Gasteiger partial charge >= 0.3 is 0 Å². The summed E-state index contributed by atoms with van der Waals surface area (Å²) in [7, 11) is 0. The number of alkyl halides is 2. The number of rotatable bonds is 4. The van der Waals surface area contributed by atoms with E-state index in [1.807, 2.05) is 32.0 Å². The van der Waals surface area contributed by atoms with Gasteiger partial charge in [0.2, 0.25) is 0 Å². The molecule has 1 nitrogen and oxygen atoms in total. The lowest BCUT2D eigenvalue weighted by Crippen LogP contribution is -2.32. The number of benzene rings is 1. The Morgan fingerprint density at radius 2 is 2.07 bits per heavy atom. The molecule has 1 aromatic rings. The van der Waals surface area contributed by atoms with E-state index in [1.54, 1.807) is 6.08 Å². The molecule has 1 N–H and O–H groups in total. The molecule has 0 spiro atoms. The van der Waals surface area contributed by atoms with Crippen molar-refractivity contribution in [3.63, 3.8) is 0 Å². The number of hydrogen-bond donors (Lipinski definition) is 1. The van der Waals surface area contributed by atoms with Crippen molar-refractivity contribution in [3.05, 3.63) is 47.5 Å². The van der Waals surface area contributed by atoms with Gasteiger partial charge in [-0.1, -0.05) is 47.5 Å². The first-order chi connectivity index (χ1) is 6.99. The molecule has 0 atom stereocenters. The molecule has 3 heteroatoms. The summed E-state index contributed by atoms with van der Waals surface area (Å²) in [5.41, 5.74) is 3.19. The van der Waals surface area contributed by atoms with Crippen LogP contribution in [0.2, 0.25) is 0 Å². The second-order valence-corrected chi connectivity index (χ2v) is 4.82. The zero-order chi connectivity index (χ0) is 11.5. The van der Waals surface area contributed by atoms with Crippen LogP contribution in [-0.2, 0) is 4.46 Å². The first-order valence-corrected chi connectivity index (χ1v) is 5.55. The minimum Gasteiger partial charge on any atom is -0.279 e. The molecule has 0 amide bonds. The average Bonchev–Trinajstić information content (AvgIpc) is 2.19. The van der Waals surface area contributed by atoms with Crippen molar-refractivity contribution in [1.29, 1.82) is 0 Å². The van der Waals surface area contributed by atoms with Gasteiger partial charge in [0.1, 0.15) is 0 Å². The van der Waals surface area contributed by atoms with Crippen molar-refractivity contribution in [3.8, 4) is 0 Å². The molecule has 0 bridgehead atoms. The van der Waals surface area contributed by atoms with E-state index in [4.69, 9.17) is 23.2 Å². The summed E-state index contributed by atoms with van der Waals surface area (Å²) in [4.78, 5) is 0. The summed E-state index contributed by atoms with van der Waals surface area (Å²) in [5, 5.41) is 3.01. The maximum atomic E-state index is 6.22. The molecule has 0 aliphatic carbocycles. The van der Waals surface area contributed by atoms with Gasteiger partial charge in [0.25, 0.3) is 0 Å². The SMILES string of the molecule is C=CCNC(Cl)(Cl)c1cccc(C)c1C. The smallest absolute Gasteiger partial charge is 0.195 e. The van der Waals surface area contributed by atoms with E-state index in [9.17, 15) is 0 Å². The monoisotopic (exact) mass is 243 g/mol. The fourth-order valence-corrected chi connectivity index (χ4v) is 1.95. The normalized spacial score (nSPS) is 11.5. The van der Waals surface area contributed by atoms with E-state index in [1.165, 1.54) is 5.56 Å². The third-order valence-corrected chi connectivity index (χ3v) is 3.09. The molecule has 0 aromatic heterocycles. The fraction of sp³-hybridized carbons (Fsp3) is 0.333. The lowest BCUT2D eigenvalue weighted by Gasteiger charge is -2.23. The highest BCUT2D eigenvalue weighted by molar-refractivity contribution is 6.47. The Bertz CT molecular complexity index is 359. The minimum atomic E-state index is -1.05. The van der Waals surface area contributed by atoms with Gasteiger partial charge < -0.3 is 0 Å². The molecule has 0 saturated carbocycles. The quantitative estimate of drug-likeness (QED) is 0.484. The second kappa shape index (κ2) is 5.02. The van der Waals surface area contributed by atoms with Crippen LogP contribution < -0.4 is 5.32 Å². The van der Waals surface area contributed by atoms with Crippen LogP contribution in [0.3, 0.4) is 0 Å². The molecular weight excluding hydrogens is 229 g/mol. The molecule has 0 fully saturated rings. The molecule has 0 heterocycles. The molecule has 0 aliphatic rings. The van der Waals surface area contributed by atoms with E-state index < -0.39 is 4.46 Å². The second-order valence-electron chi connectivity index (χ2n) is 3.49. The Morgan fingerprint density at radius 3 is 2.67 bits per heavy atom. The van der Waals surface area contributed by atoms with Crippen molar-refractivity contribution >= 4 is 23.2 Å². The number of halogens is 2. The van der Waals surface area contributed by atoms with Crippen LogP contribution in [0, 0.1) is 13.8 Å². The highest BCUT2D eigenvalue weighted by Crippen LogP contribution is 2.33. The molecule has 1 rings (SSSR count). The van der Waals surface area contributed by atoms with Crippen molar-refractivity contribution in [2.75, 3.05) is 6.54 Å². The van der Waals surface area contributed by atoms with Gasteiger partial charge in [-0.15, -0.1) is 6.58 Å². The lowest BCUT2D eigenvalue weighted by molar-refractivity contribution is 0.664. The largest absolute Gasteiger partial charge is 0.279 e. The van der Waals surface area contributed by atoms with Crippen LogP contribution in [0.15, 0.2) is 30.9 Å². The summed E-state index contributed by atoms with van der Waals surface area (Å²) in [6, 6.07) is 5.92. The Labute approximate surface area is 101 Å².